The van der Waals surface area contributed by atoms with Crippen LogP contribution < -0.4 is 5.32 Å². The Bertz CT molecular complexity index is 674. The lowest BCUT2D eigenvalue weighted by molar-refractivity contribution is -0.384. The first-order valence-corrected chi connectivity index (χ1v) is 6.10. The fourth-order valence-corrected chi connectivity index (χ4v) is 1.75. The van der Waals surface area contributed by atoms with E-state index in [1.54, 1.807) is 6.07 Å². The van der Waals surface area contributed by atoms with Gasteiger partial charge in [-0.3, -0.25) is 14.9 Å². The predicted molar refractivity (Wildman–Crippen MR) is 75.3 cm³/mol. The molecule has 2 rings (SSSR count). The number of nitrogens with zero attached hydrogens (tertiary/aromatic N) is 2. The quantitative estimate of drug-likeness (QED) is 0.533. The molecule has 8 heteroatoms. The van der Waals surface area contributed by atoms with E-state index in [4.69, 9.17) is 23.2 Å². The Morgan fingerprint density at radius 2 is 2.00 bits per heavy atom. The van der Waals surface area contributed by atoms with Crippen molar-refractivity contribution in [2.45, 2.75) is 0 Å². The van der Waals surface area contributed by atoms with Crippen LogP contribution in [0.1, 0.15) is 10.4 Å². The molecule has 0 aliphatic heterocycles. The Morgan fingerprint density at radius 1 is 1.25 bits per heavy atom. The highest BCUT2D eigenvalue weighted by atomic mass is 35.5. The van der Waals surface area contributed by atoms with Gasteiger partial charge in [-0.15, -0.1) is 0 Å². The summed E-state index contributed by atoms with van der Waals surface area (Å²) in [7, 11) is 0. The van der Waals surface area contributed by atoms with Crippen LogP contribution in [0.25, 0.3) is 0 Å². The van der Waals surface area contributed by atoms with Crippen molar-refractivity contribution in [1.29, 1.82) is 0 Å². The summed E-state index contributed by atoms with van der Waals surface area (Å²) in [6, 6.07) is 6.89. The Balaban J connectivity index is 2.23. The Hall–Kier alpha value is -2.18. The Labute approximate surface area is 123 Å². The van der Waals surface area contributed by atoms with Crippen LogP contribution in [0.15, 0.2) is 36.5 Å². The van der Waals surface area contributed by atoms with E-state index < -0.39 is 10.8 Å². The molecule has 0 bridgehead atoms. The van der Waals surface area contributed by atoms with E-state index in [1.807, 2.05) is 0 Å². The zero-order chi connectivity index (χ0) is 14.7. The minimum atomic E-state index is -0.650. The van der Waals surface area contributed by atoms with E-state index in [1.165, 1.54) is 24.4 Å². The fourth-order valence-electron chi connectivity index (χ4n) is 1.45. The second-order valence-corrected chi connectivity index (χ2v) is 4.54. The van der Waals surface area contributed by atoms with E-state index in [0.717, 1.165) is 6.07 Å². The lowest BCUT2D eigenvalue weighted by atomic mass is 10.2. The summed E-state index contributed by atoms with van der Waals surface area (Å²) >= 11 is 11.3. The van der Waals surface area contributed by atoms with Gasteiger partial charge in [0.25, 0.3) is 11.6 Å². The number of aromatic nitrogens is 1. The van der Waals surface area contributed by atoms with E-state index >= 15 is 0 Å². The second kappa shape index (κ2) is 5.85. The zero-order valence-electron chi connectivity index (χ0n) is 9.84. The maximum absolute atomic E-state index is 11.9. The molecule has 1 N–H and O–H groups in total. The number of amides is 1. The van der Waals surface area contributed by atoms with Gasteiger partial charge in [-0.05, 0) is 24.3 Å². The number of carbonyl (C=O) groups is 1. The molecule has 0 atom stereocenters. The van der Waals surface area contributed by atoms with Crippen molar-refractivity contribution in [3.63, 3.8) is 0 Å². The molecule has 0 aliphatic carbocycles. The predicted octanol–water partition coefficient (Wildman–Crippen LogP) is 3.55. The molecular weight excluding hydrogens is 305 g/mol. The van der Waals surface area contributed by atoms with Crippen LogP contribution in [0.4, 0.5) is 11.4 Å². The molecule has 6 nitrogen and oxygen atoms in total. The molecule has 1 amide bonds. The Kier molecular flexibility index (Phi) is 4.16. The summed E-state index contributed by atoms with van der Waals surface area (Å²) in [4.78, 5) is 25.9. The molecule has 0 aliphatic rings. The van der Waals surface area contributed by atoms with E-state index in [2.05, 4.69) is 10.3 Å². The number of anilines is 1. The molecule has 1 aromatic carbocycles. The molecule has 1 heterocycles. The van der Waals surface area contributed by atoms with Crippen molar-refractivity contribution < 1.29 is 9.72 Å². The number of nitrogens with one attached hydrogen (secondary N) is 1. The van der Waals surface area contributed by atoms with Gasteiger partial charge in [0, 0.05) is 11.6 Å². The van der Waals surface area contributed by atoms with Gasteiger partial charge >= 0.3 is 0 Å². The maximum atomic E-state index is 11.9. The van der Waals surface area contributed by atoms with Crippen LogP contribution in [0, 0.1) is 10.1 Å². The van der Waals surface area contributed by atoms with Gasteiger partial charge in [0.1, 0.15) is 10.2 Å². The number of hydrogen-bond donors (Lipinski definition) is 1. The van der Waals surface area contributed by atoms with Gasteiger partial charge in [0.05, 0.1) is 16.8 Å². The average molecular weight is 312 g/mol. The van der Waals surface area contributed by atoms with Gasteiger partial charge in [-0.1, -0.05) is 23.2 Å². The number of pyridine rings is 1. The first-order chi connectivity index (χ1) is 9.47. The largest absolute Gasteiger partial charge is 0.321 e. The molecule has 0 fully saturated rings. The van der Waals surface area contributed by atoms with Crippen molar-refractivity contribution in [2.24, 2.45) is 0 Å². The number of halogens is 2. The van der Waals surface area contributed by atoms with Crippen molar-refractivity contribution in [3.05, 3.63) is 62.4 Å². The van der Waals surface area contributed by atoms with Crippen LogP contribution >= 0.6 is 23.2 Å². The minimum absolute atomic E-state index is 0.0280. The summed E-state index contributed by atoms with van der Waals surface area (Å²) in [5.41, 5.74) is 0.224. The summed E-state index contributed by atoms with van der Waals surface area (Å²) in [5.74, 6) is -0.506. The van der Waals surface area contributed by atoms with Crippen LogP contribution in [0.2, 0.25) is 10.2 Å². The Morgan fingerprint density at radius 3 is 2.60 bits per heavy atom. The minimum Gasteiger partial charge on any atom is -0.321 e. The second-order valence-electron chi connectivity index (χ2n) is 3.75. The number of carbonyl (C=O) groups excluding carboxylic acids is 1. The number of hydrogen-bond acceptors (Lipinski definition) is 4. The number of rotatable bonds is 3. The van der Waals surface area contributed by atoms with Gasteiger partial charge in [-0.25, -0.2) is 4.98 Å². The molecular formula is C12H7Cl2N3O3. The van der Waals surface area contributed by atoms with Gasteiger partial charge in [-0.2, -0.15) is 0 Å². The van der Waals surface area contributed by atoms with Crippen LogP contribution in [0.5, 0.6) is 0 Å². The fraction of sp³-hybridized carbons (Fsp3) is 0. The van der Waals surface area contributed by atoms with Crippen LogP contribution in [0.3, 0.4) is 0 Å². The normalized spacial score (nSPS) is 10.1. The highest BCUT2D eigenvalue weighted by Gasteiger charge is 2.16. The lowest BCUT2D eigenvalue weighted by Gasteiger charge is -2.05. The van der Waals surface area contributed by atoms with Gasteiger partial charge in [0.15, 0.2) is 0 Å². The monoisotopic (exact) mass is 311 g/mol. The van der Waals surface area contributed by atoms with E-state index in [0.29, 0.717) is 10.8 Å². The smallest absolute Gasteiger partial charge is 0.288 e. The SMILES string of the molecule is O=C(Nc1ccc(Cl)nc1)c1ccc(Cl)c([N+](=O)[O-])c1. The topological polar surface area (TPSA) is 85.1 Å². The highest BCUT2D eigenvalue weighted by Crippen LogP contribution is 2.25. The molecule has 0 saturated carbocycles. The van der Waals surface area contributed by atoms with Gasteiger partial charge < -0.3 is 5.32 Å². The zero-order valence-corrected chi connectivity index (χ0v) is 11.4. The van der Waals surface area contributed by atoms with Crippen molar-refractivity contribution in [2.75, 3.05) is 5.32 Å². The molecule has 0 spiro atoms. The standard InChI is InChI=1S/C12H7Cl2N3O3/c13-9-3-1-7(5-10(9)17(19)20)12(18)16-8-2-4-11(14)15-6-8/h1-6H,(H,16,18). The molecule has 0 unspecified atom stereocenters. The highest BCUT2D eigenvalue weighted by molar-refractivity contribution is 6.32. The lowest BCUT2D eigenvalue weighted by Crippen LogP contribution is -2.12. The number of nitro groups is 1. The molecule has 20 heavy (non-hydrogen) atoms. The first-order valence-electron chi connectivity index (χ1n) is 5.34. The van der Waals surface area contributed by atoms with Crippen LogP contribution in [-0.2, 0) is 0 Å². The number of nitro benzene ring substituents is 1. The number of benzene rings is 1. The average Bonchev–Trinajstić information content (AvgIpc) is 2.41. The van der Waals surface area contributed by atoms with E-state index in [-0.39, 0.29) is 16.3 Å². The summed E-state index contributed by atoms with van der Waals surface area (Å²) < 4.78 is 0. The van der Waals surface area contributed by atoms with Crippen molar-refractivity contribution in [1.82, 2.24) is 4.98 Å². The molecule has 102 valence electrons. The summed E-state index contributed by atoms with van der Waals surface area (Å²) in [6.07, 6.45) is 1.38. The summed E-state index contributed by atoms with van der Waals surface area (Å²) in [5, 5.41) is 13.6. The molecule has 1 aromatic heterocycles. The van der Waals surface area contributed by atoms with Crippen LogP contribution in [-0.4, -0.2) is 15.8 Å². The maximum Gasteiger partial charge on any atom is 0.288 e. The van der Waals surface area contributed by atoms with Gasteiger partial charge in [0.2, 0.25) is 0 Å². The van der Waals surface area contributed by atoms with Crippen molar-refractivity contribution in [3.8, 4) is 0 Å². The molecule has 2 aromatic rings. The molecule has 0 radical (unpaired) electrons. The third-order valence-electron chi connectivity index (χ3n) is 2.39. The first kappa shape index (κ1) is 14.2. The third-order valence-corrected chi connectivity index (χ3v) is 2.93. The van der Waals surface area contributed by atoms with E-state index in [9.17, 15) is 14.9 Å². The third kappa shape index (κ3) is 3.23. The molecule has 0 saturated heterocycles. The van der Waals surface area contributed by atoms with Crippen molar-refractivity contribution >= 4 is 40.5 Å². The summed E-state index contributed by atoms with van der Waals surface area (Å²) in [6.45, 7) is 0.